The number of amides is 1. The molecule has 1 atom stereocenters. The third kappa shape index (κ3) is 4.75. The van der Waals surface area contributed by atoms with Gasteiger partial charge in [-0.25, -0.2) is 9.78 Å². The number of nitrogens with zero attached hydrogens (tertiary/aromatic N) is 1. The van der Waals surface area contributed by atoms with Gasteiger partial charge in [0.25, 0.3) is 5.91 Å². The molecule has 1 heterocycles. The third-order valence-corrected chi connectivity index (χ3v) is 4.62. The van der Waals surface area contributed by atoms with E-state index in [9.17, 15) is 9.59 Å². The van der Waals surface area contributed by atoms with E-state index in [2.05, 4.69) is 10.3 Å². The highest BCUT2D eigenvalue weighted by Gasteiger charge is 2.22. The Morgan fingerprint density at radius 2 is 1.82 bits per heavy atom. The lowest BCUT2D eigenvalue weighted by Gasteiger charge is -2.14. The highest BCUT2D eigenvalue weighted by molar-refractivity contribution is 7.14. The number of benzene rings is 2. The molecule has 0 aliphatic rings. The third-order valence-electron chi connectivity index (χ3n) is 3.86. The summed E-state index contributed by atoms with van der Waals surface area (Å²) in [6.07, 6.45) is -0.980. The van der Waals surface area contributed by atoms with Gasteiger partial charge in [-0.3, -0.25) is 10.1 Å². The summed E-state index contributed by atoms with van der Waals surface area (Å²) in [5.74, 6) is -0.637. The highest BCUT2D eigenvalue weighted by Crippen LogP contribution is 2.25. The van der Waals surface area contributed by atoms with Crippen LogP contribution in [0.2, 0.25) is 0 Å². The number of rotatable bonds is 7. The summed E-state index contributed by atoms with van der Waals surface area (Å²) < 4.78 is 10.7. The van der Waals surface area contributed by atoms with Crippen LogP contribution in [-0.4, -0.2) is 29.6 Å². The van der Waals surface area contributed by atoms with E-state index in [0.717, 1.165) is 11.3 Å². The maximum atomic E-state index is 12.4. The summed E-state index contributed by atoms with van der Waals surface area (Å²) in [7, 11) is 0. The second-order valence-corrected chi connectivity index (χ2v) is 6.73. The Bertz CT molecular complexity index is 956. The van der Waals surface area contributed by atoms with Crippen molar-refractivity contribution >= 4 is 28.3 Å². The van der Waals surface area contributed by atoms with Gasteiger partial charge in [-0.05, 0) is 26.0 Å². The van der Waals surface area contributed by atoms with Gasteiger partial charge in [-0.2, -0.15) is 0 Å². The van der Waals surface area contributed by atoms with Crippen LogP contribution in [0, 0.1) is 0 Å². The molecular weight excluding hydrogens is 376 g/mol. The molecule has 28 heavy (non-hydrogen) atoms. The van der Waals surface area contributed by atoms with Gasteiger partial charge < -0.3 is 9.47 Å². The Morgan fingerprint density at radius 1 is 1.11 bits per heavy atom. The fourth-order valence-corrected chi connectivity index (χ4v) is 3.20. The minimum atomic E-state index is -0.980. The molecule has 0 unspecified atom stereocenters. The minimum Gasteiger partial charge on any atom is -0.493 e. The predicted octanol–water partition coefficient (Wildman–Crippen LogP) is 4.39. The van der Waals surface area contributed by atoms with Crippen LogP contribution in [0.1, 0.15) is 24.2 Å². The summed E-state index contributed by atoms with van der Waals surface area (Å²) in [6.45, 7) is 3.77. The first-order chi connectivity index (χ1) is 13.6. The van der Waals surface area contributed by atoms with Crippen LogP contribution in [0.5, 0.6) is 5.75 Å². The summed E-state index contributed by atoms with van der Waals surface area (Å²) in [4.78, 5) is 29.2. The van der Waals surface area contributed by atoms with Crippen molar-refractivity contribution in [2.45, 2.75) is 20.0 Å². The second-order valence-electron chi connectivity index (χ2n) is 5.87. The molecule has 0 fully saturated rings. The molecule has 0 radical (unpaired) electrons. The maximum Gasteiger partial charge on any atom is 0.342 e. The van der Waals surface area contributed by atoms with Gasteiger partial charge in [-0.1, -0.05) is 42.5 Å². The number of carbonyl (C=O) groups excluding carboxylic acids is 2. The molecule has 3 aromatic rings. The first kappa shape index (κ1) is 19.6. The van der Waals surface area contributed by atoms with Gasteiger partial charge in [0, 0.05) is 10.9 Å². The first-order valence-corrected chi connectivity index (χ1v) is 9.71. The number of thiazole rings is 1. The standard InChI is InChI=1S/C21H20N2O4S/c1-3-26-18-12-8-7-11-16(18)20(25)27-14(2)19(24)23-21-22-17(13-28-21)15-9-5-4-6-10-15/h4-14H,3H2,1-2H3,(H,22,23,24)/t14-/m0/s1. The topological polar surface area (TPSA) is 77.5 Å². The normalized spacial score (nSPS) is 11.5. The van der Waals surface area contributed by atoms with E-state index in [0.29, 0.717) is 17.5 Å². The van der Waals surface area contributed by atoms with E-state index < -0.39 is 18.0 Å². The van der Waals surface area contributed by atoms with Gasteiger partial charge in [0.1, 0.15) is 11.3 Å². The molecule has 2 aromatic carbocycles. The lowest BCUT2D eigenvalue weighted by Crippen LogP contribution is -2.30. The second kappa shape index (κ2) is 9.14. The van der Waals surface area contributed by atoms with Crippen molar-refractivity contribution in [2.24, 2.45) is 0 Å². The Hall–Kier alpha value is -3.19. The summed E-state index contributed by atoms with van der Waals surface area (Å²) >= 11 is 1.31. The van der Waals surface area contributed by atoms with Crippen LogP contribution in [0.25, 0.3) is 11.3 Å². The number of hydrogen-bond donors (Lipinski definition) is 1. The molecule has 0 aliphatic carbocycles. The van der Waals surface area contributed by atoms with Crippen molar-refractivity contribution < 1.29 is 19.1 Å². The van der Waals surface area contributed by atoms with Crippen molar-refractivity contribution in [3.8, 4) is 17.0 Å². The quantitative estimate of drug-likeness (QED) is 0.599. The summed E-state index contributed by atoms with van der Waals surface area (Å²) in [5, 5.41) is 5.00. The molecule has 0 spiro atoms. The van der Waals surface area contributed by atoms with Crippen LogP contribution < -0.4 is 10.1 Å². The monoisotopic (exact) mass is 396 g/mol. The van der Waals surface area contributed by atoms with Crippen LogP contribution in [-0.2, 0) is 9.53 Å². The molecule has 0 saturated carbocycles. The maximum absolute atomic E-state index is 12.4. The largest absolute Gasteiger partial charge is 0.493 e. The average Bonchev–Trinajstić information content (AvgIpc) is 3.17. The van der Waals surface area contributed by atoms with E-state index in [4.69, 9.17) is 9.47 Å². The SMILES string of the molecule is CCOc1ccccc1C(=O)O[C@@H](C)C(=O)Nc1nc(-c2ccccc2)cs1. The lowest BCUT2D eigenvalue weighted by molar-refractivity contribution is -0.123. The molecule has 6 nitrogen and oxygen atoms in total. The number of carbonyl (C=O) groups is 2. The van der Waals surface area contributed by atoms with Crippen LogP contribution in [0.3, 0.4) is 0 Å². The van der Waals surface area contributed by atoms with E-state index in [1.807, 2.05) is 42.6 Å². The first-order valence-electron chi connectivity index (χ1n) is 8.83. The number of nitrogens with one attached hydrogen (secondary N) is 1. The number of ether oxygens (including phenoxy) is 2. The van der Waals surface area contributed by atoms with Gasteiger partial charge in [0.15, 0.2) is 11.2 Å². The van der Waals surface area contributed by atoms with Crippen molar-refractivity contribution in [2.75, 3.05) is 11.9 Å². The van der Waals surface area contributed by atoms with E-state index in [1.165, 1.54) is 18.3 Å². The molecular formula is C21H20N2O4S. The Labute approximate surface area is 167 Å². The number of aromatic nitrogens is 1. The average molecular weight is 396 g/mol. The molecule has 144 valence electrons. The van der Waals surface area contributed by atoms with Gasteiger partial charge in [0.05, 0.1) is 12.3 Å². The Balaban J connectivity index is 1.62. The molecule has 0 aliphatic heterocycles. The molecule has 1 N–H and O–H groups in total. The van der Waals surface area contributed by atoms with E-state index in [1.54, 1.807) is 24.3 Å². The zero-order chi connectivity index (χ0) is 19.9. The molecule has 1 amide bonds. The summed E-state index contributed by atoms with van der Waals surface area (Å²) in [6, 6.07) is 16.4. The van der Waals surface area contributed by atoms with E-state index in [-0.39, 0.29) is 5.56 Å². The molecule has 3 rings (SSSR count). The van der Waals surface area contributed by atoms with Gasteiger partial charge in [-0.15, -0.1) is 11.3 Å². The number of esters is 1. The zero-order valence-corrected chi connectivity index (χ0v) is 16.4. The fraction of sp³-hybridized carbons (Fsp3) is 0.190. The van der Waals surface area contributed by atoms with Crippen LogP contribution in [0.4, 0.5) is 5.13 Å². The number of anilines is 1. The lowest BCUT2D eigenvalue weighted by atomic mass is 10.2. The predicted molar refractivity (Wildman–Crippen MR) is 109 cm³/mol. The molecule has 7 heteroatoms. The minimum absolute atomic E-state index is 0.282. The number of hydrogen-bond acceptors (Lipinski definition) is 6. The highest BCUT2D eigenvalue weighted by atomic mass is 32.1. The molecule has 1 aromatic heterocycles. The van der Waals surface area contributed by atoms with Crippen molar-refractivity contribution in [3.63, 3.8) is 0 Å². The summed E-state index contributed by atoms with van der Waals surface area (Å²) in [5.41, 5.74) is 2.02. The van der Waals surface area contributed by atoms with Crippen LogP contribution in [0.15, 0.2) is 60.0 Å². The zero-order valence-electron chi connectivity index (χ0n) is 15.5. The van der Waals surface area contributed by atoms with Gasteiger partial charge >= 0.3 is 5.97 Å². The van der Waals surface area contributed by atoms with Gasteiger partial charge in [0.2, 0.25) is 0 Å². The Morgan fingerprint density at radius 3 is 2.57 bits per heavy atom. The smallest absolute Gasteiger partial charge is 0.342 e. The van der Waals surface area contributed by atoms with Crippen molar-refractivity contribution in [1.82, 2.24) is 4.98 Å². The fourth-order valence-electron chi connectivity index (χ4n) is 2.47. The van der Waals surface area contributed by atoms with E-state index >= 15 is 0 Å². The number of para-hydroxylation sites is 1. The van der Waals surface area contributed by atoms with Crippen molar-refractivity contribution in [1.29, 1.82) is 0 Å². The van der Waals surface area contributed by atoms with Crippen LogP contribution >= 0.6 is 11.3 Å². The molecule has 0 saturated heterocycles. The Kier molecular flexibility index (Phi) is 6.39. The van der Waals surface area contributed by atoms with Crippen molar-refractivity contribution in [3.05, 3.63) is 65.5 Å². The molecule has 0 bridgehead atoms.